The van der Waals surface area contributed by atoms with Crippen molar-refractivity contribution in [2.75, 3.05) is 37.7 Å². The molecule has 2 aromatic rings. The van der Waals surface area contributed by atoms with Gasteiger partial charge in [-0.25, -0.2) is 0 Å². The Morgan fingerprint density at radius 3 is 2.63 bits per heavy atom. The molecule has 0 radical (unpaired) electrons. The molecule has 2 aliphatic rings. The molecule has 1 atom stereocenters. The number of amides is 2. The van der Waals surface area contributed by atoms with Gasteiger partial charge in [0.05, 0.1) is 11.7 Å². The number of carbonyl (C=O) groups is 2. The highest BCUT2D eigenvalue weighted by atomic mass is 35.5. The van der Waals surface area contributed by atoms with Crippen LogP contribution >= 0.6 is 11.6 Å². The Bertz CT molecular complexity index is 914. The zero-order valence-electron chi connectivity index (χ0n) is 16.9. The molecule has 6 nitrogen and oxygen atoms in total. The van der Waals surface area contributed by atoms with Crippen LogP contribution in [-0.2, 0) is 9.59 Å². The van der Waals surface area contributed by atoms with E-state index in [1.807, 2.05) is 48.5 Å². The van der Waals surface area contributed by atoms with Crippen LogP contribution in [0.5, 0.6) is 5.75 Å². The van der Waals surface area contributed by atoms with Crippen LogP contribution in [0, 0.1) is 0 Å². The zero-order valence-corrected chi connectivity index (χ0v) is 17.6. The van der Waals surface area contributed by atoms with Gasteiger partial charge in [0.1, 0.15) is 5.75 Å². The highest BCUT2D eigenvalue weighted by Crippen LogP contribution is 2.32. The predicted octanol–water partition coefficient (Wildman–Crippen LogP) is 3.41. The highest BCUT2D eigenvalue weighted by molar-refractivity contribution is 6.31. The Kier molecular flexibility index (Phi) is 6.55. The lowest BCUT2D eigenvalue weighted by Gasteiger charge is -2.30. The fourth-order valence-corrected chi connectivity index (χ4v) is 4.41. The summed E-state index contributed by atoms with van der Waals surface area (Å²) in [7, 11) is 0. The number of ether oxygens (including phenoxy) is 1. The maximum absolute atomic E-state index is 12.6. The first-order chi connectivity index (χ1) is 14.6. The largest absolute Gasteiger partial charge is 0.482 e. The second-order valence-corrected chi connectivity index (χ2v) is 8.04. The normalized spacial score (nSPS) is 17.4. The number of carbonyl (C=O) groups excluding carboxylic acids is 2. The van der Waals surface area contributed by atoms with Crippen LogP contribution in [0.15, 0.2) is 48.5 Å². The maximum atomic E-state index is 12.6. The van der Waals surface area contributed by atoms with Crippen molar-refractivity contribution < 1.29 is 14.3 Å². The van der Waals surface area contributed by atoms with Gasteiger partial charge in [-0.2, -0.15) is 0 Å². The van der Waals surface area contributed by atoms with E-state index >= 15 is 0 Å². The van der Waals surface area contributed by atoms with Crippen LogP contribution in [0.2, 0.25) is 5.02 Å². The maximum Gasteiger partial charge on any atom is 0.265 e. The number of halogens is 1. The fourth-order valence-electron chi connectivity index (χ4n) is 4.15. The first-order valence-corrected chi connectivity index (χ1v) is 10.8. The van der Waals surface area contributed by atoms with E-state index in [0.717, 1.165) is 36.5 Å². The quantitative estimate of drug-likeness (QED) is 0.735. The van der Waals surface area contributed by atoms with Crippen LogP contribution in [0.4, 0.5) is 5.69 Å². The topological polar surface area (TPSA) is 61.9 Å². The van der Waals surface area contributed by atoms with Gasteiger partial charge in [-0.1, -0.05) is 41.9 Å². The number of para-hydroxylation sites is 2. The predicted molar refractivity (Wildman–Crippen MR) is 117 cm³/mol. The molecule has 30 heavy (non-hydrogen) atoms. The minimum Gasteiger partial charge on any atom is -0.482 e. The molecule has 1 N–H and O–H groups in total. The molecule has 2 amide bonds. The lowest BCUT2D eigenvalue weighted by molar-refractivity contribution is -0.122. The summed E-state index contributed by atoms with van der Waals surface area (Å²) in [4.78, 5) is 28.9. The van der Waals surface area contributed by atoms with E-state index < -0.39 is 0 Å². The molecule has 2 aromatic carbocycles. The van der Waals surface area contributed by atoms with E-state index in [-0.39, 0.29) is 30.9 Å². The van der Waals surface area contributed by atoms with Gasteiger partial charge in [-0.15, -0.1) is 0 Å². The van der Waals surface area contributed by atoms with E-state index in [0.29, 0.717) is 24.5 Å². The summed E-state index contributed by atoms with van der Waals surface area (Å²) >= 11 is 6.44. The first-order valence-electron chi connectivity index (χ1n) is 10.4. The summed E-state index contributed by atoms with van der Waals surface area (Å²) in [6, 6.07) is 15.3. The van der Waals surface area contributed by atoms with Crippen molar-refractivity contribution in [2.45, 2.75) is 25.3 Å². The summed E-state index contributed by atoms with van der Waals surface area (Å²) in [5.41, 5.74) is 1.76. The number of anilines is 1. The van der Waals surface area contributed by atoms with E-state index in [4.69, 9.17) is 16.3 Å². The number of hydrogen-bond acceptors (Lipinski definition) is 4. The molecule has 7 heteroatoms. The van der Waals surface area contributed by atoms with Crippen molar-refractivity contribution in [1.29, 1.82) is 0 Å². The molecule has 0 saturated carbocycles. The SMILES string of the molecule is O=C(CCN1C(=O)COc2ccccc21)NC[C@@H](c1ccccc1Cl)N1CCCC1. The van der Waals surface area contributed by atoms with Crippen molar-refractivity contribution in [2.24, 2.45) is 0 Å². The number of nitrogens with zero attached hydrogens (tertiary/aromatic N) is 2. The Hall–Kier alpha value is -2.57. The third kappa shape index (κ3) is 4.60. The molecule has 1 saturated heterocycles. The molecule has 0 bridgehead atoms. The smallest absolute Gasteiger partial charge is 0.265 e. The molecule has 4 rings (SSSR count). The minimum absolute atomic E-state index is 0.00216. The zero-order chi connectivity index (χ0) is 20.9. The number of rotatable bonds is 7. The number of nitrogens with one attached hydrogen (secondary N) is 1. The van der Waals surface area contributed by atoms with Gasteiger partial charge in [0.25, 0.3) is 5.91 Å². The molecule has 0 unspecified atom stereocenters. The highest BCUT2D eigenvalue weighted by Gasteiger charge is 2.27. The molecular formula is C23H26ClN3O3. The summed E-state index contributed by atoms with van der Waals surface area (Å²) in [5.74, 6) is 0.459. The van der Waals surface area contributed by atoms with Gasteiger partial charge in [0, 0.05) is 24.5 Å². The lowest BCUT2D eigenvalue weighted by atomic mass is 10.1. The molecule has 2 heterocycles. The molecule has 0 aromatic heterocycles. The van der Waals surface area contributed by atoms with Gasteiger partial charge in [-0.05, 0) is 49.7 Å². The Morgan fingerprint density at radius 2 is 1.83 bits per heavy atom. The standard InChI is InChI=1S/C23H26ClN3O3/c24-18-8-2-1-7-17(18)20(26-12-5-6-13-26)15-25-22(28)11-14-27-19-9-3-4-10-21(19)30-16-23(27)29/h1-4,7-10,20H,5-6,11-16H2,(H,25,28)/t20-/m0/s1. The van der Waals surface area contributed by atoms with Crippen LogP contribution in [0.3, 0.4) is 0 Å². The van der Waals surface area contributed by atoms with Crippen LogP contribution in [-0.4, -0.2) is 49.5 Å². The molecule has 158 valence electrons. The third-order valence-corrected chi connectivity index (χ3v) is 6.05. The Balaban J connectivity index is 1.37. The van der Waals surface area contributed by atoms with E-state index in [1.165, 1.54) is 0 Å². The fraction of sp³-hybridized carbons (Fsp3) is 0.391. The van der Waals surface area contributed by atoms with Crippen molar-refractivity contribution in [3.63, 3.8) is 0 Å². The Labute approximate surface area is 181 Å². The van der Waals surface area contributed by atoms with Crippen LogP contribution in [0.25, 0.3) is 0 Å². The van der Waals surface area contributed by atoms with Gasteiger partial charge >= 0.3 is 0 Å². The van der Waals surface area contributed by atoms with Gasteiger partial charge in [0.2, 0.25) is 5.91 Å². The summed E-state index contributed by atoms with van der Waals surface area (Å²) in [6.07, 6.45) is 2.55. The molecule has 0 aliphatic carbocycles. The molecule has 2 aliphatic heterocycles. The number of hydrogen-bond donors (Lipinski definition) is 1. The van der Waals surface area contributed by atoms with E-state index in [2.05, 4.69) is 10.2 Å². The third-order valence-electron chi connectivity index (χ3n) is 5.71. The first kappa shape index (κ1) is 20.7. The van der Waals surface area contributed by atoms with Crippen LogP contribution < -0.4 is 15.0 Å². The van der Waals surface area contributed by atoms with Gasteiger partial charge in [0.15, 0.2) is 6.61 Å². The van der Waals surface area contributed by atoms with E-state index in [1.54, 1.807) is 4.90 Å². The lowest BCUT2D eigenvalue weighted by Crippen LogP contribution is -2.42. The number of likely N-dealkylation sites (tertiary alicyclic amines) is 1. The average Bonchev–Trinajstić information content (AvgIpc) is 3.29. The summed E-state index contributed by atoms with van der Waals surface area (Å²) in [6.45, 7) is 2.83. The number of fused-ring (bicyclic) bond motifs is 1. The van der Waals surface area contributed by atoms with Crippen molar-refractivity contribution in [3.05, 3.63) is 59.1 Å². The Morgan fingerprint density at radius 1 is 1.10 bits per heavy atom. The summed E-state index contributed by atoms with van der Waals surface area (Å²) < 4.78 is 5.46. The van der Waals surface area contributed by atoms with Crippen molar-refractivity contribution >= 4 is 29.1 Å². The molecular weight excluding hydrogens is 402 g/mol. The van der Waals surface area contributed by atoms with Crippen molar-refractivity contribution in [3.8, 4) is 5.75 Å². The summed E-state index contributed by atoms with van der Waals surface area (Å²) in [5, 5.41) is 3.78. The second kappa shape index (κ2) is 9.49. The minimum atomic E-state index is -0.132. The monoisotopic (exact) mass is 427 g/mol. The van der Waals surface area contributed by atoms with Gasteiger partial charge < -0.3 is 15.0 Å². The average molecular weight is 428 g/mol. The molecule has 0 spiro atoms. The van der Waals surface area contributed by atoms with Crippen LogP contribution in [0.1, 0.15) is 30.9 Å². The molecule has 1 fully saturated rings. The second-order valence-electron chi connectivity index (χ2n) is 7.64. The van der Waals surface area contributed by atoms with E-state index in [9.17, 15) is 9.59 Å². The van der Waals surface area contributed by atoms with Crippen molar-refractivity contribution in [1.82, 2.24) is 10.2 Å². The van der Waals surface area contributed by atoms with Gasteiger partial charge in [-0.3, -0.25) is 14.5 Å². The number of benzene rings is 2.